The molecule has 0 aliphatic carbocycles. The summed E-state index contributed by atoms with van der Waals surface area (Å²) in [5.41, 5.74) is 0. The van der Waals surface area contributed by atoms with E-state index < -0.39 is 0 Å². The first-order valence-corrected chi connectivity index (χ1v) is 10.1. The zero-order valence-electron chi connectivity index (χ0n) is 15.5. The lowest BCUT2D eigenvalue weighted by Crippen LogP contribution is -2.13. The normalized spacial score (nSPS) is 10.4. The van der Waals surface area contributed by atoms with E-state index in [1.54, 1.807) is 0 Å². The van der Waals surface area contributed by atoms with E-state index >= 15 is 0 Å². The molecule has 1 aromatic carbocycles. The molecule has 1 aromatic rings. The van der Waals surface area contributed by atoms with Crippen LogP contribution in [0, 0.1) is 0 Å². The van der Waals surface area contributed by atoms with Crippen molar-refractivity contribution in [3.8, 4) is 5.75 Å². The number of halogens is 1. The van der Waals surface area contributed by atoms with Gasteiger partial charge in [0, 0.05) is 17.3 Å². The number of carbonyl (C=O) groups excluding carboxylic acids is 2. The molecule has 0 spiro atoms. The van der Waals surface area contributed by atoms with Crippen molar-refractivity contribution in [3.05, 3.63) is 28.7 Å². The number of hydrogen-bond donors (Lipinski definition) is 0. The smallest absolute Gasteiger partial charge is 0.305 e. The highest BCUT2D eigenvalue weighted by Gasteiger charge is 2.07. The first kappa shape index (κ1) is 22.5. The van der Waals surface area contributed by atoms with Crippen LogP contribution in [0.2, 0.25) is 0 Å². The molecule has 5 nitrogen and oxygen atoms in total. The van der Waals surface area contributed by atoms with Crippen molar-refractivity contribution in [2.24, 2.45) is 0 Å². The lowest BCUT2D eigenvalue weighted by Gasteiger charge is -2.08. The average Bonchev–Trinajstić information content (AvgIpc) is 2.63. The van der Waals surface area contributed by atoms with Crippen LogP contribution in [-0.2, 0) is 19.1 Å². The molecule has 0 bridgehead atoms. The average molecular weight is 429 g/mol. The van der Waals surface area contributed by atoms with Gasteiger partial charge in [0.1, 0.15) is 19.0 Å². The summed E-state index contributed by atoms with van der Waals surface area (Å²) in [7, 11) is 0. The van der Waals surface area contributed by atoms with Crippen LogP contribution in [-0.4, -0.2) is 31.8 Å². The fraction of sp³-hybridized carbons (Fsp3) is 0.600. The summed E-state index contributed by atoms with van der Waals surface area (Å²) in [6, 6.07) is 7.43. The topological polar surface area (TPSA) is 61.8 Å². The highest BCUT2D eigenvalue weighted by atomic mass is 79.9. The molecule has 0 saturated heterocycles. The molecule has 0 N–H and O–H groups in total. The highest BCUT2D eigenvalue weighted by molar-refractivity contribution is 9.10. The van der Waals surface area contributed by atoms with Crippen LogP contribution in [0.5, 0.6) is 5.75 Å². The second-order valence-electron chi connectivity index (χ2n) is 6.01. The van der Waals surface area contributed by atoms with Gasteiger partial charge in [0.2, 0.25) is 0 Å². The maximum Gasteiger partial charge on any atom is 0.305 e. The number of hydrogen-bond acceptors (Lipinski definition) is 5. The zero-order valence-corrected chi connectivity index (χ0v) is 17.1. The molecule has 0 fully saturated rings. The molecule has 6 heteroatoms. The maximum absolute atomic E-state index is 11.6. The SMILES string of the molecule is CCCCCCCOC(=O)CCCC(=O)OCCOc1ccc(Br)cc1. The molecule has 26 heavy (non-hydrogen) atoms. The van der Waals surface area contributed by atoms with Crippen molar-refractivity contribution >= 4 is 27.9 Å². The number of unbranched alkanes of at least 4 members (excludes halogenated alkanes) is 4. The molecular weight excluding hydrogens is 400 g/mol. The minimum absolute atomic E-state index is 0.192. The van der Waals surface area contributed by atoms with E-state index in [2.05, 4.69) is 22.9 Å². The largest absolute Gasteiger partial charge is 0.490 e. The Morgan fingerprint density at radius 3 is 2.08 bits per heavy atom. The second-order valence-corrected chi connectivity index (χ2v) is 6.93. The van der Waals surface area contributed by atoms with Gasteiger partial charge in [0.25, 0.3) is 0 Å². The van der Waals surface area contributed by atoms with Crippen molar-refractivity contribution < 1.29 is 23.8 Å². The van der Waals surface area contributed by atoms with Gasteiger partial charge in [-0.3, -0.25) is 9.59 Å². The Kier molecular flexibility index (Phi) is 12.6. The van der Waals surface area contributed by atoms with Crippen molar-refractivity contribution in [3.63, 3.8) is 0 Å². The first-order chi connectivity index (χ1) is 12.6. The van der Waals surface area contributed by atoms with Gasteiger partial charge in [-0.15, -0.1) is 0 Å². The third kappa shape index (κ3) is 11.9. The third-order valence-electron chi connectivity index (χ3n) is 3.70. The molecule has 0 aliphatic rings. The Bertz CT molecular complexity index is 515. The molecule has 0 radical (unpaired) electrons. The zero-order chi connectivity index (χ0) is 19.0. The summed E-state index contributed by atoms with van der Waals surface area (Å²) >= 11 is 3.35. The standard InChI is InChI=1S/C20H29BrO5/c1-2-3-4-5-6-14-25-19(22)8-7-9-20(23)26-16-15-24-18-12-10-17(21)11-13-18/h10-13H,2-9,14-16H2,1H3. The fourth-order valence-electron chi connectivity index (χ4n) is 2.26. The van der Waals surface area contributed by atoms with E-state index in [4.69, 9.17) is 14.2 Å². The van der Waals surface area contributed by atoms with Crippen LogP contribution in [0.25, 0.3) is 0 Å². The minimum atomic E-state index is -0.322. The van der Waals surface area contributed by atoms with E-state index in [-0.39, 0.29) is 31.4 Å². The van der Waals surface area contributed by atoms with Crippen LogP contribution in [0.15, 0.2) is 28.7 Å². The van der Waals surface area contributed by atoms with Crippen molar-refractivity contribution in [1.29, 1.82) is 0 Å². The number of ether oxygens (including phenoxy) is 3. The maximum atomic E-state index is 11.6. The summed E-state index contributed by atoms with van der Waals surface area (Å²) in [4.78, 5) is 23.2. The third-order valence-corrected chi connectivity index (χ3v) is 4.23. The Morgan fingerprint density at radius 1 is 0.808 bits per heavy atom. The van der Waals surface area contributed by atoms with Crippen molar-refractivity contribution in [2.75, 3.05) is 19.8 Å². The fourth-order valence-corrected chi connectivity index (χ4v) is 2.52. The van der Waals surface area contributed by atoms with Gasteiger partial charge in [-0.25, -0.2) is 0 Å². The number of esters is 2. The van der Waals surface area contributed by atoms with Gasteiger partial charge < -0.3 is 14.2 Å². The van der Waals surface area contributed by atoms with E-state index in [1.165, 1.54) is 19.3 Å². The van der Waals surface area contributed by atoms with Crippen LogP contribution in [0.4, 0.5) is 0 Å². The molecule has 0 aliphatic heterocycles. The minimum Gasteiger partial charge on any atom is -0.490 e. The molecule has 0 saturated carbocycles. The Labute approximate surface area is 164 Å². The number of rotatable bonds is 14. The molecule has 1 rings (SSSR count). The van der Waals surface area contributed by atoms with E-state index in [1.807, 2.05) is 24.3 Å². The first-order valence-electron chi connectivity index (χ1n) is 9.31. The van der Waals surface area contributed by atoms with Crippen molar-refractivity contribution in [2.45, 2.75) is 58.3 Å². The van der Waals surface area contributed by atoms with Gasteiger partial charge in [-0.2, -0.15) is 0 Å². The summed E-state index contributed by atoms with van der Waals surface area (Å²) in [5.74, 6) is 0.158. The highest BCUT2D eigenvalue weighted by Crippen LogP contribution is 2.15. The Hall–Kier alpha value is -1.56. The van der Waals surface area contributed by atoms with Crippen LogP contribution >= 0.6 is 15.9 Å². The van der Waals surface area contributed by atoms with Gasteiger partial charge in [-0.05, 0) is 37.1 Å². The van der Waals surface area contributed by atoms with Crippen LogP contribution in [0.1, 0.15) is 58.3 Å². The monoisotopic (exact) mass is 428 g/mol. The predicted octanol–water partition coefficient (Wildman–Crippen LogP) is 5.06. The molecule has 0 unspecified atom stereocenters. The molecule has 0 aromatic heterocycles. The van der Waals surface area contributed by atoms with Gasteiger partial charge in [-0.1, -0.05) is 48.5 Å². The molecule has 0 atom stereocenters. The Morgan fingerprint density at radius 2 is 1.42 bits per heavy atom. The lowest BCUT2D eigenvalue weighted by atomic mass is 10.2. The van der Waals surface area contributed by atoms with Crippen LogP contribution in [0.3, 0.4) is 0 Å². The lowest BCUT2D eigenvalue weighted by molar-refractivity contribution is -0.146. The molecular formula is C20H29BrO5. The number of carbonyl (C=O) groups is 2. The van der Waals surface area contributed by atoms with Crippen molar-refractivity contribution in [1.82, 2.24) is 0 Å². The van der Waals surface area contributed by atoms with Crippen LogP contribution < -0.4 is 4.74 Å². The van der Waals surface area contributed by atoms with E-state index in [0.29, 0.717) is 19.6 Å². The quantitative estimate of drug-likeness (QED) is 0.306. The van der Waals surface area contributed by atoms with E-state index in [0.717, 1.165) is 23.1 Å². The molecule has 0 heterocycles. The van der Waals surface area contributed by atoms with E-state index in [9.17, 15) is 9.59 Å². The second kappa shape index (κ2) is 14.6. The summed E-state index contributed by atoms with van der Waals surface area (Å²) in [6.45, 7) is 3.13. The summed E-state index contributed by atoms with van der Waals surface area (Å²) in [6.07, 6.45) is 6.52. The van der Waals surface area contributed by atoms with Gasteiger partial charge in [0.15, 0.2) is 0 Å². The molecule has 146 valence electrons. The van der Waals surface area contributed by atoms with Gasteiger partial charge in [0.05, 0.1) is 6.61 Å². The number of benzene rings is 1. The van der Waals surface area contributed by atoms with Gasteiger partial charge >= 0.3 is 11.9 Å². The Balaban J connectivity index is 1.95. The molecule has 0 amide bonds. The predicted molar refractivity (Wildman–Crippen MR) is 104 cm³/mol. The summed E-state index contributed by atoms with van der Waals surface area (Å²) in [5, 5.41) is 0. The summed E-state index contributed by atoms with van der Waals surface area (Å²) < 4.78 is 16.7.